The molecule has 0 aliphatic rings. The highest BCUT2D eigenvalue weighted by molar-refractivity contribution is 4.28. The third-order valence-corrected chi connectivity index (χ3v) is 0.500. The van der Waals surface area contributed by atoms with Crippen LogP contribution in [-0.2, 0) is 0 Å². The summed E-state index contributed by atoms with van der Waals surface area (Å²) in [6, 6.07) is 0. The minimum atomic E-state index is 1.14. The van der Waals surface area contributed by atoms with Crippen molar-refractivity contribution < 1.29 is 0 Å². The van der Waals surface area contributed by atoms with Gasteiger partial charge in [-0.15, -0.1) is 0 Å². The fourth-order valence-electron chi connectivity index (χ4n) is 0.250. The van der Waals surface area contributed by atoms with Crippen molar-refractivity contribution >= 4 is 0 Å². The topological polar surface area (TPSA) is 12.0 Å². The maximum absolute atomic E-state index is 3.02. The number of nitrogens with one attached hydrogen (secondary N) is 1. The van der Waals surface area contributed by atoms with Crippen molar-refractivity contribution in [3.05, 3.63) is 0 Å². The Kier molecular flexibility index (Phi) is 131. The molecule has 0 aromatic carbocycles. The fraction of sp³-hybridized carbons (Fsp3) is 1.00. The van der Waals surface area contributed by atoms with Crippen LogP contribution in [0.25, 0.3) is 0 Å². The monoisotopic (exact) mass is 177 g/mol. The summed E-state index contributed by atoms with van der Waals surface area (Å²) in [5.74, 6) is 0. The minimum Gasteiger partial charge on any atom is -0.320 e. The van der Waals surface area contributed by atoms with Crippen LogP contribution in [0.5, 0.6) is 0 Å². The van der Waals surface area contributed by atoms with Crippen LogP contribution in [0.3, 0.4) is 0 Å². The SMILES string of the molecule is CC.CC.CCC.CCCNC. The molecule has 0 aliphatic carbocycles. The van der Waals surface area contributed by atoms with Gasteiger partial charge in [-0.1, -0.05) is 54.9 Å². The normalized spacial score (nSPS) is 6.00. The van der Waals surface area contributed by atoms with Gasteiger partial charge in [0.25, 0.3) is 0 Å². The lowest BCUT2D eigenvalue weighted by Crippen LogP contribution is -2.04. The molecule has 0 fully saturated rings. The second-order valence-corrected chi connectivity index (χ2v) is 1.81. The molecule has 0 rings (SSSR count). The summed E-state index contributed by atoms with van der Waals surface area (Å²) in [6.45, 7) is 15.5. The Bertz CT molecular complexity index is 19.0. The van der Waals surface area contributed by atoms with Crippen LogP contribution >= 0.6 is 0 Å². The van der Waals surface area contributed by atoms with E-state index in [0.717, 1.165) is 6.54 Å². The largest absolute Gasteiger partial charge is 0.320 e. The lowest BCUT2D eigenvalue weighted by molar-refractivity contribution is 0.772. The first kappa shape index (κ1) is 22.7. The molecule has 0 saturated carbocycles. The van der Waals surface area contributed by atoms with Gasteiger partial charge in [0.05, 0.1) is 0 Å². The van der Waals surface area contributed by atoms with E-state index in [-0.39, 0.29) is 0 Å². The molecule has 0 aliphatic heterocycles. The van der Waals surface area contributed by atoms with Gasteiger partial charge in [0.15, 0.2) is 0 Å². The van der Waals surface area contributed by atoms with E-state index in [2.05, 4.69) is 26.1 Å². The van der Waals surface area contributed by atoms with Crippen molar-refractivity contribution in [2.75, 3.05) is 13.6 Å². The first-order valence-corrected chi connectivity index (χ1v) is 5.47. The van der Waals surface area contributed by atoms with Gasteiger partial charge in [-0.05, 0) is 20.0 Å². The van der Waals surface area contributed by atoms with Crippen molar-refractivity contribution in [2.45, 2.75) is 61.3 Å². The van der Waals surface area contributed by atoms with Crippen LogP contribution in [0.4, 0.5) is 0 Å². The van der Waals surface area contributed by atoms with Gasteiger partial charge in [0.1, 0.15) is 0 Å². The zero-order chi connectivity index (χ0) is 10.8. The number of hydrogen-bond acceptors (Lipinski definition) is 1. The highest BCUT2D eigenvalue weighted by Gasteiger charge is 1.64. The number of rotatable bonds is 2. The van der Waals surface area contributed by atoms with Gasteiger partial charge in [-0.3, -0.25) is 0 Å². The average Bonchev–Trinajstić information content (AvgIpc) is 2.14. The third-order valence-electron chi connectivity index (χ3n) is 0.500. The van der Waals surface area contributed by atoms with Gasteiger partial charge in [0, 0.05) is 0 Å². The summed E-state index contributed by atoms with van der Waals surface area (Å²) < 4.78 is 0. The van der Waals surface area contributed by atoms with E-state index in [1.165, 1.54) is 12.8 Å². The Morgan fingerprint density at radius 1 is 0.833 bits per heavy atom. The lowest BCUT2D eigenvalue weighted by atomic mass is 10.5. The fourth-order valence-corrected chi connectivity index (χ4v) is 0.250. The molecule has 12 heavy (non-hydrogen) atoms. The van der Waals surface area contributed by atoms with E-state index < -0.39 is 0 Å². The van der Waals surface area contributed by atoms with Gasteiger partial charge in [0.2, 0.25) is 0 Å². The van der Waals surface area contributed by atoms with E-state index in [1.54, 1.807) is 0 Å². The summed E-state index contributed by atoms with van der Waals surface area (Å²) in [4.78, 5) is 0. The van der Waals surface area contributed by atoms with Gasteiger partial charge in [-0.2, -0.15) is 0 Å². The van der Waals surface area contributed by atoms with Gasteiger partial charge >= 0.3 is 0 Å². The highest BCUT2D eigenvalue weighted by Crippen LogP contribution is 1.62. The molecule has 0 bridgehead atoms. The standard InChI is InChI=1S/C4H11N.C3H8.2C2H6/c1-3-4-5-2;1-3-2;2*1-2/h5H,3-4H2,1-2H3;3H2,1-2H3;2*1-2H3. The molecule has 0 spiro atoms. The van der Waals surface area contributed by atoms with E-state index in [9.17, 15) is 0 Å². The smallest absolute Gasteiger partial charge is 0.00546 e. The minimum absolute atomic E-state index is 1.14. The Balaban J connectivity index is -0.0000000397. The summed E-state index contributed by atoms with van der Waals surface area (Å²) in [5, 5.41) is 3.02. The predicted molar refractivity (Wildman–Crippen MR) is 62.9 cm³/mol. The summed E-state index contributed by atoms with van der Waals surface area (Å²) >= 11 is 0. The van der Waals surface area contributed by atoms with E-state index >= 15 is 0 Å². The first-order chi connectivity index (χ1) is 5.83. The molecule has 0 amide bonds. The van der Waals surface area contributed by atoms with Crippen LogP contribution in [0.2, 0.25) is 0 Å². The summed E-state index contributed by atoms with van der Waals surface area (Å²) in [5.41, 5.74) is 0. The second-order valence-electron chi connectivity index (χ2n) is 1.81. The van der Waals surface area contributed by atoms with Crippen molar-refractivity contribution in [2.24, 2.45) is 0 Å². The van der Waals surface area contributed by atoms with Crippen molar-refractivity contribution in [1.29, 1.82) is 0 Å². The lowest BCUT2D eigenvalue weighted by Gasteiger charge is -1.84. The Morgan fingerprint density at radius 3 is 1.08 bits per heavy atom. The molecule has 0 aromatic rings. The quantitative estimate of drug-likeness (QED) is 0.670. The molecular weight excluding hydrogens is 146 g/mol. The Hall–Kier alpha value is -0.0400. The van der Waals surface area contributed by atoms with E-state index in [1.807, 2.05) is 34.7 Å². The molecule has 0 radical (unpaired) electrons. The maximum atomic E-state index is 3.02. The molecule has 1 N–H and O–H groups in total. The number of hydrogen-bond donors (Lipinski definition) is 1. The predicted octanol–water partition coefficient (Wildman–Crippen LogP) is 4.08. The Labute approximate surface area is 81.0 Å². The molecule has 0 unspecified atom stereocenters. The zero-order valence-corrected chi connectivity index (χ0v) is 10.6. The van der Waals surface area contributed by atoms with Gasteiger partial charge < -0.3 is 5.32 Å². The van der Waals surface area contributed by atoms with Crippen molar-refractivity contribution in [3.8, 4) is 0 Å². The molecule has 0 atom stereocenters. The van der Waals surface area contributed by atoms with Crippen LogP contribution in [-0.4, -0.2) is 13.6 Å². The van der Waals surface area contributed by atoms with E-state index in [4.69, 9.17) is 0 Å². The summed E-state index contributed by atoms with van der Waals surface area (Å²) in [7, 11) is 1.96. The molecular formula is C11H31N. The first-order valence-electron chi connectivity index (χ1n) is 5.47. The van der Waals surface area contributed by atoms with Crippen LogP contribution in [0, 0.1) is 0 Å². The van der Waals surface area contributed by atoms with Crippen LogP contribution < -0.4 is 5.32 Å². The third kappa shape index (κ3) is 208. The highest BCUT2D eigenvalue weighted by atomic mass is 14.8. The van der Waals surface area contributed by atoms with Crippen LogP contribution in [0.15, 0.2) is 0 Å². The van der Waals surface area contributed by atoms with E-state index in [0.29, 0.717) is 0 Å². The second kappa shape index (κ2) is 69.3. The molecule has 1 heteroatoms. The molecule has 0 heterocycles. The molecule has 0 saturated heterocycles. The van der Waals surface area contributed by atoms with Gasteiger partial charge in [-0.25, -0.2) is 0 Å². The Morgan fingerprint density at radius 2 is 1.08 bits per heavy atom. The molecule has 0 aromatic heterocycles. The molecule has 80 valence electrons. The maximum Gasteiger partial charge on any atom is -0.00546 e. The average molecular weight is 177 g/mol. The zero-order valence-electron chi connectivity index (χ0n) is 10.6. The van der Waals surface area contributed by atoms with Crippen molar-refractivity contribution in [3.63, 3.8) is 0 Å². The summed E-state index contributed by atoms with van der Waals surface area (Å²) in [6.07, 6.45) is 2.48. The van der Waals surface area contributed by atoms with Crippen LogP contribution in [0.1, 0.15) is 61.3 Å². The van der Waals surface area contributed by atoms with Crippen molar-refractivity contribution in [1.82, 2.24) is 5.32 Å². The molecule has 1 nitrogen and oxygen atoms in total.